The summed E-state index contributed by atoms with van der Waals surface area (Å²) in [5.41, 5.74) is 1.18. The van der Waals surface area contributed by atoms with E-state index in [1.165, 1.54) is 6.42 Å². The third-order valence-corrected chi connectivity index (χ3v) is 5.63. The average Bonchev–Trinajstić information content (AvgIpc) is 2.58. The topological polar surface area (TPSA) is 49.7 Å². The molecule has 2 fully saturated rings. The van der Waals surface area contributed by atoms with Crippen molar-refractivity contribution in [2.45, 2.75) is 52.4 Å². The molecular formula is C15H24O3. The molecule has 3 aliphatic rings. The molecule has 3 nitrogen and oxygen atoms in total. The number of hydrogen-bond acceptors (Lipinski definition) is 3. The van der Waals surface area contributed by atoms with E-state index in [0.717, 1.165) is 18.4 Å². The lowest BCUT2D eigenvalue weighted by molar-refractivity contribution is -0.157. The number of fused-ring (bicyclic) bond motifs is 3. The number of aliphatic hydroxyl groups excluding tert-OH is 2. The van der Waals surface area contributed by atoms with E-state index in [9.17, 15) is 10.2 Å². The van der Waals surface area contributed by atoms with Crippen LogP contribution in [0.25, 0.3) is 0 Å². The Labute approximate surface area is 109 Å². The third-order valence-electron chi connectivity index (χ3n) is 5.63. The zero-order valence-corrected chi connectivity index (χ0v) is 11.5. The van der Waals surface area contributed by atoms with Crippen molar-refractivity contribution in [1.82, 2.24) is 0 Å². The van der Waals surface area contributed by atoms with Crippen LogP contribution in [-0.4, -0.2) is 29.2 Å². The molecule has 0 amide bonds. The third kappa shape index (κ3) is 1.54. The fourth-order valence-corrected chi connectivity index (χ4v) is 5.10. The molecule has 1 saturated heterocycles. The Hall–Kier alpha value is -0.380. The van der Waals surface area contributed by atoms with E-state index in [2.05, 4.69) is 20.8 Å². The maximum absolute atomic E-state index is 10.5. The van der Waals surface area contributed by atoms with Crippen molar-refractivity contribution in [1.29, 1.82) is 0 Å². The van der Waals surface area contributed by atoms with Crippen LogP contribution in [-0.2, 0) is 4.74 Å². The maximum Gasteiger partial charge on any atom is 0.162 e. The standard InChI is InChI=1S/C15H24O3/c1-14(2)5-4-6-15(3)11-9(8-18-13(11)17)7-10(16)12(14)15/h7,10-13,16-17H,4-6,8H2,1-3H3/t10-,11+,12-,13+,15+/m0/s1. The van der Waals surface area contributed by atoms with Gasteiger partial charge in [0, 0.05) is 5.92 Å². The van der Waals surface area contributed by atoms with Crippen LogP contribution >= 0.6 is 0 Å². The molecule has 0 radical (unpaired) electrons. The number of hydrogen-bond donors (Lipinski definition) is 2. The van der Waals surface area contributed by atoms with Gasteiger partial charge >= 0.3 is 0 Å². The van der Waals surface area contributed by atoms with Gasteiger partial charge in [-0.2, -0.15) is 0 Å². The molecule has 0 unspecified atom stereocenters. The van der Waals surface area contributed by atoms with Crippen LogP contribution in [0, 0.1) is 22.7 Å². The van der Waals surface area contributed by atoms with Gasteiger partial charge in [0.25, 0.3) is 0 Å². The highest BCUT2D eigenvalue weighted by Crippen LogP contribution is 2.61. The summed E-state index contributed by atoms with van der Waals surface area (Å²) in [5, 5.41) is 20.7. The quantitative estimate of drug-likeness (QED) is 0.649. The average molecular weight is 252 g/mol. The molecule has 1 heterocycles. The smallest absolute Gasteiger partial charge is 0.162 e. The Morgan fingerprint density at radius 2 is 1.94 bits per heavy atom. The molecule has 3 heteroatoms. The lowest BCUT2D eigenvalue weighted by atomic mass is 9.48. The predicted octanol–water partition coefficient (Wildman–Crippen LogP) is 2.08. The van der Waals surface area contributed by atoms with Crippen LogP contribution < -0.4 is 0 Å². The molecule has 102 valence electrons. The second kappa shape index (κ2) is 3.81. The highest BCUT2D eigenvalue weighted by atomic mass is 16.6. The van der Waals surface area contributed by atoms with E-state index >= 15 is 0 Å². The summed E-state index contributed by atoms with van der Waals surface area (Å²) in [6.07, 6.45) is 4.25. The largest absolute Gasteiger partial charge is 0.389 e. The van der Waals surface area contributed by atoms with Gasteiger partial charge in [-0.3, -0.25) is 0 Å². The van der Waals surface area contributed by atoms with Gasteiger partial charge in [-0.1, -0.05) is 33.3 Å². The van der Waals surface area contributed by atoms with Crippen molar-refractivity contribution in [3.05, 3.63) is 11.6 Å². The van der Waals surface area contributed by atoms with Crippen molar-refractivity contribution in [2.24, 2.45) is 22.7 Å². The van der Waals surface area contributed by atoms with Gasteiger partial charge in [-0.05, 0) is 35.2 Å². The Bertz CT molecular complexity index is 387. The first kappa shape index (κ1) is 12.6. The van der Waals surface area contributed by atoms with Crippen molar-refractivity contribution < 1.29 is 14.9 Å². The summed E-state index contributed by atoms with van der Waals surface area (Å²) in [5.74, 6) is 0.286. The normalized spacial score (nSPS) is 50.4. The molecule has 0 aromatic heterocycles. The molecule has 1 saturated carbocycles. The molecule has 0 bridgehead atoms. The van der Waals surface area contributed by atoms with Crippen LogP contribution in [0.5, 0.6) is 0 Å². The summed E-state index contributed by atoms with van der Waals surface area (Å²) in [7, 11) is 0. The number of rotatable bonds is 0. The number of aliphatic hydroxyl groups is 2. The molecule has 0 aromatic carbocycles. The Balaban J connectivity index is 2.08. The fourth-order valence-electron chi connectivity index (χ4n) is 5.10. The first-order valence-electron chi connectivity index (χ1n) is 7.04. The van der Waals surface area contributed by atoms with Crippen molar-refractivity contribution >= 4 is 0 Å². The number of ether oxygens (including phenoxy) is 1. The summed E-state index contributed by atoms with van der Waals surface area (Å²) in [6.45, 7) is 7.21. The molecule has 2 aliphatic carbocycles. The second-order valence-electron chi connectivity index (χ2n) is 7.24. The van der Waals surface area contributed by atoms with E-state index in [1.807, 2.05) is 6.08 Å². The van der Waals surface area contributed by atoms with E-state index in [0.29, 0.717) is 6.61 Å². The second-order valence-corrected chi connectivity index (χ2v) is 7.24. The van der Waals surface area contributed by atoms with Crippen LogP contribution in [0.1, 0.15) is 40.0 Å². The SMILES string of the molecule is CC1(C)CCC[C@]2(C)[C@@H]3C(=C[C@H](O)[C@@H]12)CO[C@H]3O. The zero-order valence-electron chi connectivity index (χ0n) is 11.5. The van der Waals surface area contributed by atoms with Gasteiger partial charge in [0.15, 0.2) is 6.29 Å². The van der Waals surface area contributed by atoms with Crippen molar-refractivity contribution in [3.63, 3.8) is 0 Å². The minimum absolute atomic E-state index is 0.0405. The molecule has 18 heavy (non-hydrogen) atoms. The summed E-state index contributed by atoms with van der Waals surface area (Å²) >= 11 is 0. The lowest BCUT2D eigenvalue weighted by Crippen LogP contribution is -2.55. The van der Waals surface area contributed by atoms with Gasteiger partial charge in [-0.15, -0.1) is 0 Å². The van der Waals surface area contributed by atoms with Gasteiger partial charge in [-0.25, -0.2) is 0 Å². The predicted molar refractivity (Wildman–Crippen MR) is 68.8 cm³/mol. The van der Waals surface area contributed by atoms with Gasteiger partial charge in [0.2, 0.25) is 0 Å². The first-order valence-corrected chi connectivity index (χ1v) is 7.04. The zero-order chi connectivity index (χ0) is 13.1. The monoisotopic (exact) mass is 252 g/mol. The van der Waals surface area contributed by atoms with E-state index in [4.69, 9.17) is 4.74 Å². The molecule has 3 rings (SSSR count). The summed E-state index contributed by atoms with van der Waals surface area (Å²) in [6, 6.07) is 0. The highest BCUT2D eigenvalue weighted by Gasteiger charge is 2.59. The Morgan fingerprint density at radius 3 is 2.67 bits per heavy atom. The first-order chi connectivity index (χ1) is 8.36. The molecule has 0 spiro atoms. The summed E-state index contributed by atoms with van der Waals surface area (Å²) in [4.78, 5) is 0. The molecule has 0 aromatic rings. The minimum atomic E-state index is -0.690. The van der Waals surface area contributed by atoms with Gasteiger partial charge in [0.05, 0.1) is 12.7 Å². The van der Waals surface area contributed by atoms with Crippen LogP contribution in [0.2, 0.25) is 0 Å². The molecular weight excluding hydrogens is 228 g/mol. The van der Waals surface area contributed by atoms with E-state index in [1.54, 1.807) is 0 Å². The van der Waals surface area contributed by atoms with Crippen molar-refractivity contribution in [3.8, 4) is 0 Å². The van der Waals surface area contributed by atoms with Gasteiger partial charge < -0.3 is 14.9 Å². The Morgan fingerprint density at radius 1 is 1.22 bits per heavy atom. The highest BCUT2D eigenvalue weighted by molar-refractivity contribution is 5.26. The van der Waals surface area contributed by atoms with Crippen LogP contribution in [0.4, 0.5) is 0 Å². The van der Waals surface area contributed by atoms with Crippen molar-refractivity contribution in [2.75, 3.05) is 6.61 Å². The lowest BCUT2D eigenvalue weighted by Gasteiger charge is -2.57. The van der Waals surface area contributed by atoms with Crippen LogP contribution in [0.3, 0.4) is 0 Å². The summed E-state index contributed by atoms with van der Waals surface area (Å²) < 4.78 is 5.41. The molecule has 5 atom stereocenters. The van der Waals surface area contributed by atoms with Crippen LogP contribution in [0.15, 0.2) is 11.6 Å². The molecule has 1 aliphatic heterocycles. The maximum atomic E-state index is 10.5. The Kier molecular flexibility index (Phi) is 2.68. The fraction of sp³-hybridized carbons (Fsp3) is 0.867. The molecule has 2 N–H and O–H groups in total. The van der Waals surface area contributed by atoms with Gasteiger partial charge in [0.1, 0.15) is 0 Å². The van der Waals surface area contributed by atoms with E-state index in [-0.39, 0.29) is 22.7 Å². The minimum Gasteiger partial charge on any atom is -0.389 e. The van der Waals surface area contributed by atoms with E-state index < -0.39 is 12.4 Å².